The van der Waals surface area contributed by atoms with Gasteiger partial charge in [-0.05, 0) is 45.2 Å². The van der Waals surface area contributed by atoms with Gasteiger partial charge in [0.15, 0.2) is 0 Å². The quantitative estimate of drug-likeness (QED) is 0.940. The molecule has 1 aliphatic rings. The molecule has 4 nitrogen and oxygen atoms in total. The maximum Gasteiger partial charge on any atom is 0.111 e. The summed E-state index contributed by atoms with van der Waals surface area (Å²) in [6.07, 6.45) is 4.16. The number of nitrogens with two attached hydrogens (primary N) is 1. The highest BCUT2D eigenvalue weighted by molar-refractivity contribution is 5.75. The van der Waals surface area contributed by atoms with Crippen LogP contribution in [0.4, 0.5) is 0 Å². The fraction of sp³-hybridized carbons (Fsp3) is 0.588. The van der Waals surface area contributed by atoms with Crippen LogP contribution in [0.15, 0.2) is 24.3 Å². The summed E-state index contributed by atoms with van der Waals surface area (Å²) in [7, 11) is 0. The second kappa shape index (κ2) is 5.78. The van der Waals surface area contributed by atoms with E-state index < -0.39 is 0 Å². The minimum atomic E-state index is -0.213. The molecule has 1 aromatic heterocycles. The second-order valence-corrected chi connectivity index (χ2v) is 6.19. The van der Waals surface area contributed by atoms with E-state index in [1.54, 1.807) is 0 Å². The van der Waals surface area contributed by atoms with Gasteiger partial charge in [-0.2, -0.15) is 0 Å². The highest BCUT2D eigenvalue weighted by Gasteiger charge is 2.35. The molecule has 0 bridgehead atoms. The summed E-state index contributed by atoms with van der Waals surface area (Å²) in [4.78, 5) is 4.78. The first-order valence-electron chi connectivity index (χ1n) is 7.98. The molecule has 1 fully saturated rings. The second-order valence-electron chi connectivity index (χ2n) is 6.19. The minimum absolute atomic E-state index is 0.0140. The lowest BCUT2D eigenvalue weighted by molar-refractivity contribution is -0.0812. The molecule has 0 spiro atoms. The van der Waals surface area contributed by atoms with Crippen molar-refractivity contribution in [2.24, 2.45) is 5.73 Å². The predicted molar refractivity (Wildman–Crippen MR) is 85.3 cm³/mol. The molecule has 0 saturated carbocycles. The molecule has 0 aliphatic carbocycles. The Hall–Kier alpha value is -1.39. The first-order chi connectivity index (χ1) is 10.1. The van der Waals surface area contributed by atoms with Crippen LogP contribution in [0.5, 0.6) is 0 Å². The third-order valence-electron chi connectivity index (χ3n) is 4.74. The van der Waals surface area contributed by atoms with Crippen molar-refractivity contribution >= 4 is 11.0 Å². The van der Waals surface area contributed by atoms with Crippen LogP contribution in [0.2, 0.25) is 0 Å². The van der Waals surface area contributed by atoms with Gasteiger partial charge >= 0.3 is 0 Å². The van der Waals surface area contributed by atoms with Gasteiger partial charge in [0.05, 0.1) is 16.6 Å². The number of aryl methyl sites for hydroxylation is 1. The average molecular weight is 287 g/mol. The van der Waals surface area contributed by atoms with Crippen LogP contribution in [0.25, 0.3) is 11.0 Å². The number of hydrogen-bond donors (Lipinski definition) is 1. The van der Waals surface area contributed by atoms with Crippen molar-refractivity contribution < 1.29 is 4.74 Å². The molecular weight excluding hydrogens is 262 g/mol. The largest absolute Gasteiger partial charge is 0.374 e. The molecule has 21 heavy (non-hydrogen) atoms. The first-order valence-corrected chi connectivity index (χ1v) is 7.98. The molecule has 2 atom stereocenters. The molecule has 0 amide bonds. The summed E-state index contributed by atoms with van der Waals surface area (Å²) < 4.78 is 8.25. The fourth-order valence-corrected chi connectivity index (χ4v) is 3.29. The van der Waals surface area contributed by atoms with E-state index in [4.69, 9.17) is 15.5 Å². The molecule has 2 unspecified atom stereocenters. The van der Waals surface area contributed by atoms with Gasteiger partial charge in [-0.1, -0.05) is 12.1 Å². The number of ether oxygens (including phenoxy) is 1. The Morgan fingerprint density at radius 1 is 1.38 bits per heavy atom. The van der Waals surface area contributed by atoms with Crippen LogP contribution in [0.3, 0.4) is 0 Å². The van der Waals surface area contributed by atoms with Crippen LogP contribution in [0.1, 0.15) is 38.9 Å². The Bertz CT molecular complexity index is 614. The highest BCUT2D eigenvalue weighted by atomic mass is 16.5. The SMILES string of the molecule is CCn1c(CC(N)C2(C)CCCCO2)nc2ccccc21. The van der Waals surface area contributed by atoms with Gasteiger partial charge in [0, 0.05) is 25.6 Å². The van der Waals surface area contributed by atoms with Crippen LogP contribution in [-0.4, -0.2) is 27.8 Å². The van der Waals surface area contributed by atoms with E-state index in [0.717, 1.165) is 43.8 Å². The van der Waals surface area contributed by atoms with E-state index in [2.05, 4.69) is 36.6 Å². The maximum absolute atomic E-state index is 6.48. The number of benzene rings is 1. The molecule has 1 aliphatic heterocycles. The highest BCUT2D eigenvalue weighted by Crippen LogP contribution is 2.29. The summed E-state index contributed by atoms with van der Waals surface area (Å²) in [6.45, 7) is 6.05. The Kier molecular flexibility index (Phi) is 4.00. The maximum atomic E-state index is 6.48. The lowest BCUT2D eigenvalue weighted by atomic mass is 9.87. The van der Waals surface area contributed by atoms with E-state index in [1.165, 1.54) is 11.9 Å². The van der Waals surface area contributed by atoms with Gasteiger partial charge in [0.25, 0.3) is 0 Å². The van der Waals surface area contributed by atoms with Crippen molar-refractivity contribution in [3.63, 3.8) is 0 Å². The van der Waals surface area contributed by atoms with Gasteiger partial charge < -0.3 is 15.0 Å². The van der Waals surface area contributed by atoms with E-state index in [9.17, 15) is 0 Å². The van der Waals surface area contributed by atoms with Crippen molar-refractivity contribution in [3.05, 3.63) is 30.1 Å². The Balaban J connectivity index is 1.87. The Morgan fingerprint density at radius 3 is 2.90 bits per heavy atom. The van der Waals surface area contributed by atoms with E-state index in [-0.39, 0.29) is 11.6 Å². The molecule has 2 aromatic rings. The minimum Gasteiger partial charge on any atom is -0.374 e. The summed E-state index contributed by atoms with van der Waals surface area (Å²) in [5.74, 6) is 1.07. The molecule has 1 aromatic carbocycles. The van der Waals surface area contributed by atoms with Crippen LogP contribution < -0.4 is 5.73 Å². The molecule has 2 heterocycles. The monoisotopic (exact) mass is 287 g/mol. The van der Waals surface area contributed by atoms with Gasteiger partial charge in [-0.15, -0.1) is 0 Å². The fourth-order valence-electron chi connectivity index (χ4n) is 3.29. The van der Waals surface area contributed by atoms with Crippen molar-refractivity contribution in [1.82, 2.24) is 9.55 Å². The van der Waals surface area contributed by atoms with E-state index >= 15 is 0 Å². The predicted octanol–water partition coefficient (Wildman–Crippen LogP) is 2.89. The van der Waals surface area contributed by atoms with E-state index in [1.807, 2.05) is 6.07 Å². The summed E-state index contributed by atoms with van der Waals surface area (Å²) in [5.41, 5.74) is 8.51. The molecule has 114 valence electrons. The zero-order chi connectivity index (χ0) is 14.9. The molecule has 3 rings (SSSR count). The third-order valence-corrected chi connectivity index (χ3v) is 4.74. The van der Waals surface area contributed by atoms with Crippen molar-refractivity contribution in [3.8, 4) is 0 Å². The molecule has 1 saturated heterocycles. The first kappa shape index (κ1) is 14.5. The lowest BCUT2D eigenvalue weighted by Gasteiger charge is -2.38. The van der Waals surface area contributed by atoms with Gasteiger partial charge in [0.2, 0.25) is 0 Å². The summed E-state index contributed by atoms with van der Waals surface area (Å²) in [5, 5.41) is 0. The number of aromatic nitrogens is 2. The number of fused-ring (bicyclic) bond motifs is 1. The van der Waals surface area contributed by atoms with Crippen molar-refractivity contribution in [2.45, 2.75) is 57.7 Å². The number of imidazole rings is 1. The molecule has 2 N–H and O–H groups in total. The zero-order valence-electron chi connectivity index (χ0n) is 13.0. The van der Waals surface area contributed by atoms with Crippen LogP contribution >= 0.6 is 0 Å². The number of rotatable bonds is 4. The third kappa shape index (κ3) is 2.70. The molecular formula is C17H25N3O. The van der Waals surface area contributed by atoms with Crippen LogP contribution in [-0.2, 0) is 17.7 Å². The summed E-state index contributed by atoms with van der Waals surface area (Å²) >= 11 is 0. The van der Waals surface area contributed by atoms with Gasteiger partial charge in [-0.25, -0.2) is 4.98 Å². The average Bonchev–Trinajstić information content (AvgIpc) is 2.85. The molecule has 4 heteroatoms. The Labute approximate surface area is 126 Å². The smallest absolute Gasteiger partial charge is 0.111 e. The van der Waals surface area contributed by atoms with Gasteiger partial charge in [-0.3, -0.25) is 0 Å². The van der Waals surface area contributed by atoms with Gasteiger partial charge in [0.1, 0.15) is 5.82 Å². The zero-order valence-corrected chi connectivity index (χ0v) is 13.0. The van der Waals surface area contributed by atoms with E-state index in [0.29, 0.717) is 0 Å². The van der Waals surface area contributed by atoms with Crippen molar-refractivity contribution in [2.75, 3.05) is 6.61 Å². The Morgan fingerprint density at radius 2 is 2.19 bits per heavy atom. The number of hydrogen-bond acceptors (Lipinski definition) is 3. The topological polar surface area (TPSA) is 53.1 Å². The standard InChI is InChI=1S/C17H25N3O/c1-3-20-14-9-5-4-8-13(14)19-16(20)12-15(18)17(2)10-6-7-11-21-17/h4-5,8-9,15H,3,6-7,10-12,18H2,1-2H3. The number of nitrogens with zero attached hydrogens (tertiary/aromatic N) is 2. The van der Waals surface area contributed by atoms with Crippen molar-refractivity contribution in [1.29, 1.82) is 0 Å². The molecule has 0 radical (unpaired) electrons. The summed E-state index contributed by atoms with van der Waals surface area (Å²) in [6, 6.07) is 8.27. The lowest BCUT2D eigenvalue weighted by Crippen LogP contribution is -2.51. The number of para-hydroxylation sites is 2. The van der Waals surface area contributed by atoms with Crippen LogP contribution in [0, 0.1) is 0 Å². The normalized spacial score (nSPS) is 24.3.